The fraction of sp³-hybridized carbons (Fsp3) is 0.692. The summed E-state index contributed by atoms with van der Waals surface area (Å²) in [6.45, 7) is 4.42. The molecule has 2 rings (SSSR count). The van der Waals surface area contributed by atoms with Crippen LogP contribution in [0.4, 0.5) is 0 Å². The maximum absolute atomic E-state index is 10.6. The zero-order valence-corrected chi connectivity index (χ0v) is 9.16. The predicted molar refractivity (Wildman–Crippen MR) is 59.0 cm³/mol. The van der Waals surface area contributed by atoms with Crippen LogP contribution in [0.5, 0.6) is 0 Å². The van der Waals surface area contributed by atoms with Crippen molar-refractivity contribution in [1.29, 1.82) is 0 Å². The maximum atomic E-state index is 10.6. The average molecular weight is 192 g/mol. The summed E-state index contributed by atoms with van der Waals surface area (Å²) in [5.74, 6) is 0.607. The van der Waals surface area contributed by atoms with Gasteiger partial charge in [0.15, 0.2) is 0 Å². The fourth-order valence-corrected chi connectivity index (χ4v) is 2.76. The topological polar surface area (TPSA) is 20.2 Å². The van der Waals surface area contributed by atoms with Gasteiger partial charge < -0.3 is 5.11 Å². The lowest BCUT2D eigenvalue weighted by Gasteiger charge is -2.43. The summed E-state index contributed by atoms with van der Waals surface area (Å²) in [7, 11) is 0. The summed E-state index contributed by atoms with van der Waals surface area (Å²) in [5, 5.41) is 10.6. The van der Waals surface area contributed by atoms with E-state index in [4.69, 9.17) is 0 Å². The minimum Gasteiger partial charge on any atom is -0.385 e. The van der Waals surface area contributed by atoms with Crippen LogP contribution in [0.2, 0.25) is 0 Å². The predicted octanol–water partition coefficient (Wildman–Crippen LogP) is 3.06. The van der Waals surface area contributed by atoms with Crippen LogP contribution < -0.4 is 0 Å². The number of allylic oxidation sites excluding steroid dienone is 3. The molecule has 0 aliphatic heterocycles. The molecule has 1 nitrogen and oxygen atoms in total. The zero-order valence-electron chi connectivity index (χ0n) is 9.16. The van der Waals surface area contributed by atoms with Gasteiger partial charge in [-0.15, -0.1) is 0 Å². The molecule has 0 saturated heterocycles. The highest BCUT2D eigenvalue weighted by molar-refractivity contribution is 5.17. The van der Waals surface area contributed by atoms with Crippen molar-refractivity contribution < 1.29 is 5.11 Å². The van der Waals surface area contributed by atoms with Gasteiger partial charge in [0, 0.05) is 5.41 Å². The van der Waals surface area contributed by atoms with E-state index in [2.05, 4.69) is 32.1 Å². The van der Waals surface area contributed by atoms with Crippen LogP contribution in [0.15, 0.2) is 24.3 Å². The van der Waals surface area contributed by atoms with E-state index in [1.165, 1.54) is 0 Å². The first kappa shape index (κ1) is 9.97. The Morgan fingerprint density at radius 1 is 1.21 bits per heavy atom. The molecule has 0 amide bonds. The molecule has 2 aliphatic rings. The Kier molecular flexibility index (Phi) is 2.30. The fourth-order valence-electron chi connectivity index (χ4n) is 2.76. The molecule has 0 bridgehead atoms. The second-order valence-corrected chi connectivity index (χ2v) is 5.23. The van der Waals surface area contributed by atoms with Gasteiger partial charge in [0.05, 0.1) is 5.60 Å². The van der Waals surface area contributed by atoms with E-state index in [0.717, 1.165) is 25.7 Å². The summed E-state index contributed by atoms with van der Waals surface area (Å²) in [6, 6.07) is 0. The molecule has 2 aliphatic carbocycles. The molecule has 1 N–H and O–H groups in total. The molecule has 78 valence electrons. The molecule has 0 saturated carbocycles. The summed E-state index contributed by atoms with van der Waals surface area (Å²) in [5.41, 5.74) is -0.562. The average Bonchev–Trinajstić information content (AvgIpc) is 2.73. The van der Waals surface area contributed by atoms with Gasteiger partial charge in [-0.05, 0) is 31.6 Å². The SMILES string of the molecule is CC(C)(C1CC=CC1)C1(O)C=CCC1. The normalized spacial score (nSPS) is 33.1. The smallest absolute Gasteiger partial charge is 0.0884 e. The quantitative estimate of drug-likeness (QED) is 0.667. The Labute approximate surface area is 86.5 Å². The Morgan fingerprint density at radius 3 is 2.36 bits per heavy atom. The van der Waals surface area contributed by atoms with Gasteiger partial charge in [-0.1, -0.05) is 38.2 Å². The zero-order chi connectivity index (χ0) is 10.2. The van der Waals surface area contributed by atoms with E-state index in [-0.39, 0.29) is 5.41 Å². The van der Waals surface area contributed by atoms with E-state index >= 15 is 0 Å². The van der Waals surface area contributed by atoms with Gasteiger partial charge in [-0.25, -0.2) is 0 Å². The lowest BCUT2D eigenvalue weighted by molar-refractivity contribution is -0.0561. The Bertz CT molecular complexity index is 267. The molecule has 14 heavy (non-hydrogen) atoms. The molecule has 0 spiro atoms. The molecule has 1 unspecified atom stereocenters. The van der Waals surface area contributed by atoms with Crippen molar-refractivity contribution in [2.24, 2.45) is 11.3 Å². The molecule has 0 aromatic rings. The first-order valence-electron chi connectivity index (χ1n) is 5.61. The van der Waals surface area contributed by atoms with Gasteiger partial charge in [-0.3, -0.25) is 0 Å². The molecule has 1 atom stereocenters. The number of hydrogen-bond donors (Lipinski definition) is 1. The molecular formula is C13H20O. The van der Waals surface area contributed by atoms with Gasteiger partial charge in [0.1, 0.15) is 0 Å². The highest BCUT2D eigenvalue weighted by atomic mass is 16.3. The van der Waals surface area contributed by atoms with Crippen LogP contribution in [-0.4, -0.2) is 10.7 Å². The maximum Gasteiger partial charge on any atom is 0.0884 e. The largest absolute Gasteiger partial charge is 0.385 e. The number of aliphatic hydroxyl groups is 1. The van der Waals surface area contributed by atoms with Crippen LogP contribution >= 0.6 is 0 Å². The molecule has 0 aromatic heterocycles. The molecule has 0 radical (unpaired) electrons. The first-order chi connectivity index (χ1) is 6.56. The minimum absolute atomic E-state index is 0.00347. The van der Waals surface area contributed by atoms with Crippen LogP contribution in [-0.2, 0) is 0 Å². The third kappa shape index (κ3) is 1.35. The van der Waals surface area contributed by atoms with Crippen molar-refractivity contribution in [2.45, 2.75) is 45.1 Å². The van der Waals surface area contributed by atoms with E-state index in [0.29, 0.717) is 5.92 Å². The van der Waals surface area contributed by atoms with E-state index < -0.39 is 5.60 Å². The Hall–Kier alpha value is -0.560. The van der Waals surface area contributed by atoms with Gasteiger partial charge in [0.25, 0.3) is 0 Å². The van der Waals surface area contributed by atoms with Crippen LogP contribution in [0.25, 0.3) is 0 Å². The summed E-state index contributed by atoms with van der Waals surface area (Å²) in [6.07, 6.45) is 12.8. The Morgan fingerprint density at radius 2 is 1.86 bits per heavy atom. The number of rotatable bonds is 2. The van der Waals surface area contributed by atoms with Gasteiger partial charge in [0.2, 0.25) is 0 Å². The van der Waals surface area contributed by atoms with Crippen molar-refractivity contribution in [3.05, 3.63) is 24.3 Å². The van der Waals surface area contributed by atoms with Crippen molar-refractivity contribution in [3.8, 4) is 0 Å². The van der Waals surface area contributed by atoms with Crippen molar-refractivity contribution in [1.82, 2.24) is 0 Å². The lowest BCUT2D eigenvalue weighted by Crippen LogP contribution is -2.45. The Balaban J connectivity index is 2.18. The van der Waals surface area contributed by atoms with Crippen molar-refractivity contribution in [3.63, 3.8) is 0 Å². The monoisotopic (exact) mass is 192 g/mol. The molecule has 1 heteroatoms. The summed E-state index contributed by atoms with van der Waals surface area (Å²) >= 11 is 0. The molecule has 0 fully saturated rings. The summed E-state index contributed by atoms with van der Waals surface area (Å²) in [4.78, 5) is 0. The minimum atomic E-state index is -0.566. The number of hydrogen-bond acceptors (Lipinski definition) is 1. The van der Waals surface area contributed by atoms with Gasteiger partial charge in [-0.2, -0.15) is 0 Å². The summed E-state index contributed by atoms with van der Waals surface area (Å²) < 4.78 is 0. The van der Waals surface area contributed by atoms with E-state index in [1.54, 1.807) is 0 Å². The van der Waals surface area contributed by atoms with Crippen LogP contribution in [0.3, 0.4) is 0 Å². The van der Waals surface area contributed by atoms with E-state index in [9.17, 15) is 5.11 Å². The highest BCUT2D eigenvalue weighted by Crippen LogP contribution is 2.48. The van der Waals surface area contributed by atoms with Crippen molar-refractivity contribution in [2.75, 3.05) is 0 Å². The van der Waals surface area contributed by atoms with Crippen LogP contribution in [0.1, 0.15) is 39.5 Å². The molecule has 0 aromatic carbocycles. The second kappa shape index (κ2) is 3.23. The molecule has 0 heterocycles. The molecular weight excluding hydrogens is 172 g/mol. The van der Waals surface area contributed by atoms with E-state index in [1.807, 2.05) is 6.08 Å². The highest BCUT2D eigenvalue weighted by Gasteiger charge is 2.47. The third-order valence-corrected chi connectivity index (χ3v) is 4.23. The standard InChI is InChI=1S/C13H20O/c1-12(2,11-7-3-4-8-11)13(14)9-5-6-10-13/h3-5,9,11,14H,6-8,10H2,1-2H3. The lowest BCUT2D eigenvalue weighted by atomic mass is 9.65. The first-order valence-corrected chi connectivity index (χ1v) is 5.61. The van der Waals surface area contributed by atoms with Gasteiger partial charge >= 0.3 is 0 Å². The van der Waals surface area contributed by atoms with Crippen LogP contribution in [0, 0.1) is 11.3 Å². The second-order valence-electron chi connectivity index (χ2n) is 5.23. The third-order valence-electron chi connectivity index (χ3n) is 4.23. The van der Waals surface area contributed by atoms with Crippen molar-refractivity contribution >= 4 is 0 Å².